The zero-order valence-corrected chi connectivity index (χ0v) is 46.8. The molecule has 1 N–H and O–H groups in total. The summed E-state index contributed by atoms with van der Waals surface area (Å²) < 4.78 is 29.0. The largest absolute Gasteiger partial charge is 0.473 e. The molecule has 0 aromatic heterocycles. The van der Waals surface area contributed by atoms with Gasteiger partial charge in [0.1, 0.15) is 0 Å². The Morgan fingerprint density at radius 3 is 0.508 bits per heavy atom. The van der Waals surface area contributed by atoms with Crippen LogP contribution in [0.3, 0.4) is 0 Å². The molecule has 0 aliphatic carbocycles. The van der Waals surface area contributed by atoms with Crippen molar-refractivity contribution in [1.82, 2.24) is 0 Å². The molecule has 65 heavy (non-hydrogen) atoms. The molecule has 0 aromatic carbocycles. The predicted octanol–water partition coefficient (Wildman–Crippen LogP) is 23.0. The van der Waals surface area contributed by atoms with Crippen LogP contribution in [-0.4, -0.2) is 16.1 Å². The number of phosphoric ester groups is 1. The first-order valence-electron chi connectivity index (χ1n) is 30.5. The molecule has 0 aliphatic rings. The summed E-state index contributed by atoms with van der Waals surface area (Å²) in [6.07, 6.45) is 63.7. The highest BCUT2D eigenvalue weighted by molar-refractivity contribution is 7.47. The second kappa shape index (κ2) is 49.1. The molecule has 0 radical (unpaired) electrons. The molecule has 0 fully saturated rings. The SMILES string of the molecule is CCCCCCCCCCCC(CCCCCCCC)(CCCCCCCCCC)OP(=O)(O)OC(CCCCCCCC)(CCCCCCCCCC)CCCCCCCCCCC. The minimum absolute atomic E-state index is 0.583. The van der Waals surface area contributed by atoms with Gasteiger partial charge in [-0.05, 0) is 38.5 Å². The van der Waals surface area contributed by atoms with Crippen LogP contribution < -0.4 is 0 Å². The number of hydrogen-bond donors (Lipinski definition) is 1. The normalized spacial score (nSPS) is 14.8. The third-order valence-corrected chi connectivity index (χ3v) is 16.3. The first kappa shape index (κ1) is 65.1. The first-order valence-corrected chi connectivity index (χ1v) is 32.0. The predicted molar refractivity (Wildman–Crippen MR) is 292 cm³/mol. The van der Waals surface area contributed by atoms with Crippen LogP contribution in [0.15, 0.2) is 0 Å². The molecule has 5 heteroatoms. The fourth-order valence-electron chi connectivity index (χ4n) is 10.7. The Labute approximate surface area is 411 Å². The Bertz CT molecular complexity index is 901. The van der Waals surface area contributed by atoms with E-state index in [-0.39, 0.29) is 0 Å². The third kappa shape index (κ3) is 42.7. The second-order valence-electron chi connectivity index (χ2n) is 21.7. The van der Waals surface area contributed by atoms with Gasteiger partial charge in [-0.15, -0.1) is 0 Å². The van der Waals surface area contributed by atoms with Crippen molar-refractivity contribution < 1.29 is 18.5 Å². The van der Waals surface area contributed by atoms with Crippen LogP contribution in [-0.2, 0) is 13.6 Å². The van der Waals surface area contributed by atoms with E-state index in [1.165, 1.54) is 257 Å². The Morgan fingerprint density at radius 2 is 0.369 bits per heavy atom. The Balaban J connectivity index is 6.49. The average molecular weight is 940 g/mol. The van der Waals surface area contributed by atoms with Crippen molar-refractivity contribution in [3.63, 3.8) is 0 Å². The van der Waals surface area contributed by atoms with Gasteiger partial charge in [-0.1, -0.05) is 337 Å². The van der Waals surface area contributed by atoms with Gasteiger partial charge in [-0.25, -0.2) is 4.57 Å². The molecule has 2 unspecified atom stereocenters. The number of rotatable bonds is 56. The lowest BCUT2D eigenvalue weighted by molar-refractivity contribution is -0.0497. The van der Waals surface area contributed by atoms with Crippen LogP contribution in [0.2, 0.25) is 0 Å². The highest BCUT2D eigenvalue weighted by Crippen LogP contribution is 2.56. The fraction of sp³-hybridized carbons (Fsp3) is 1.00. The molecule has 2 atom stereocenters. The van der Waals surface area contributed by atoms with E-state index < -0.39 is 19.0 Å². The van der Waals surface area contributed by atoms with Gasteiger partial charge >= 0.3 is 7.82 Å². The maximum absolute atomic E-state index is 15.1. The van der Waals surface area contributed by atoms with E-state index in [9.17, 15) is 4.89 Å². The zero-order valence-electron chi connectivity index (χ0n) is 45.9. The van der Waals surface area contributed by atoms with Crippen LogP contribution in [0.4, 0.5) is 0 Å². The molecule has 0 spiro atoms. The maximum atomic E-state index is 15.1. The molecule has 0 bridgehead atoms. The topological polar surface area (TPSA) is 55.8 Å². The molecule has 0 rings (SSSR count). The Morgan fingerprint density at radius 1 is 0.246 bits per heavy atom. The third-order valence-electron chi connectivity index (χ3n) is 15.0. The van der Waals surface area contributed by atoms with Gasteiger partial charge < -0.3 is 4.89 Å². The number of unbranched alkanes of at least 4 members (excludes halogenated alkanes) is 40. The number of phosphoric acid groups is 1. The van der Waals surface area contributed by atoms with E-state index in [0.29, 0.717) is 0 Å². The van der Waals surface area contributed by atoms with Crippen molar-refractivity contribution in [2.75, 3.05) is 0 Å². The van der Waals surface area contributed by atoms with Gasteiger partial charge in [0, 0.05) is 0 Å². The average Bonchev–Trinajstić information content (AvgIpc) is 3.29. The van der Waals surface area contributed by atoms with Crippen LogP contribution in [0.1, 0.15) is 375 Å². The standard InChI is InChI=1S/C60H123O4P/c1-7-13-19-25-31-35-39-45-51-57-59(53-47-41-29-23-17-11-5,55-49-43-37-33-27-21-15-9-3)63-65(61,62)64-60(54-48-42-30-24-18-12-6,56-50-44-38-34-28-22-16-10-4)58-52-46-40-36-32-26-20-14-8-2/h7-58H2,1-6H3,(H,61,62). The fourth-order valence-corrected chi connectivity index (χ4v) is 12.2. The summed E-state index contributed by atoms with van der Waals surface area (Å²) in [5.74, 6) is 0. The van der Waals surface area contributed by atoms with E-state index >= 15 is 4.57 Å². The van der Waals surface area contributed by atoms with E-state index in [0.717, 1.165) is 77.0 Å². The van der Waals surface area contributed by atoms with Gasteiger partial charge in [0.2, 0.25) is 0 Å². The van der Waals surface area contributed by atoms with Gasteiger partial charge in [0.25, 0.3) is 0 Å². The first-order chi connectivity index (χ1) is 31.8. The molecule has 0 saturated carbocycles. The summed E-state index contributed by atoms with van der Waals surface area (Å²) in [5.41, 5.74) is -1.17. The molecule has 0 aliphatic heterocycles. The summed E-state index contributed by atoms with van der Waals surface area (Å²) in [4.78, 5) is 12.4. The quantitative estimate of drug-likeness (QED) is 0.0488. The van der Waals surface area contributed by atoms with E-state index in [1.54, 1.807) is 0 Å². The van der Waals surface area contributed by atoms with Gasteiger partial charge in [0.05, 0.1) is 11.2 Å². The summed E-state index contributed by atoms with van der Waals surface area (Å²) in [6.45, 7) is 13.8. The van der Waals surface area contributed by atoms with Crippen molar-refractivity contribution >= 4 is 7.82 Å². The maximum Gasteiger partial charge on any atom is 0.473 e. The zero-order chi connectivity index (χ0) is 47.7. The molecule has 4 nitrogen and oxygen atoms in total. The smallest absolute Gasteiger partial charge is 0.302 e. The minimum atomic E-state index is -4.37. The van der Waals surface area contributed by atoms with Crippen molar-refractivity contribution in [2.45, 2.75) is 387 Å². The minimum Gasteiger partial charge on any atom is -0.302 e. The van der Waals surface area contributed by atoms with Crippen molar-refractivity contribution in [3.8, 4) is 0 Å². The molecule has 0 aromatic rings. The highest BCUT2D eigenvalue weighted by atomic mass is 31.2. The van der Waals surface area contributed by atoms with E-state index in [4.69, 9.17) is 9.05 Å². The molecule has 0 amide bonds. The van der Waals surface area contributed by atoms with Crippen molar-refractivity contribution in [3.05, 3.63) is 0 Å². The summed E-state index contributed by atoms with van der Waals surface area (Å²) >= 11 is 0. The van der Waals surface area contributed by atoms with Gasteiger partial charge in [-0.3, -0.25) is 9.05 Å². The van der Waals surface area contributed by atoms with Gasteiger partial charge in [0.15, 0.2) is 0 Å². The van der Waals surface area contributed by atoms with E-state index in [1.807, 2.05) is 0 Å². The van der Waals surface area contributed by atoms with E-state index in [2.05, 4.69) is 41.5 Å². The van der Waals surface area contributed by atoms with Crippen LogP contribution in [0, 0.1) is 0 Å². The van der Waals surface area contributed by atoms with Gasteiger partial charge in [-0.2, -0.15) is 0 Å². The number of hydrogen-bond acceptors (Lipinski definition) is 3. The second-order valence-corrected chi connectivity index (χ2v) is 23.0. The molecule has 0 saturated heterocycles. The van der Waals surface area contributed by atoms with Crippen LogP contribution >= 0.6 is 7.82 Å². The summed E-state index contributed by atoms with van der Waals surface area (Å²) in [5, 5.41) is 0. The van der Waals surface area contributed by atoms with Crippen LogP contribution in [0.25, 0.3) is 0 Å². The lowest BCUT2D eigenvalue weighted by Crippen LogP contribution is -2.36. The molecular formula is C60H123O4P. The lowest BCUT2D eigenvalue weighted by atomic mass is 9.85. The van der Waals surface area contributed by atoms with Crippen molar-refractivity contribution in [1.29, 1.82) is 0 Å². The molecular weight excluding hydrogens is 816 g/mol. The monoisotopic (exact) mass is 939 g/mol. The molecule has 392 valence electrons. The van der Waals surface area contributed by atoms with Crippen LogP contribution in [0.5, 0.6) is 0 Å². The summed E-state index contributed by atoms with van der Waals surface area (Å²) in [7, 11) is -4.37. The summed E-state index contributed by atoms with van der Waals surface area (Å²) in [6, 6.07) is 0. The highest BCUT2D eigenvalue weighted by Gasteiger charge is 2.44. The Kier molecular flexibility index (Phi) is 49.2. The van der Waals surface area contributed by atoms with Crippen molar-refractivity contribution in [2.24, 2.45) is 0 Å². The Hall–Kier alpha value is 0.110. The lowest BCUT2D eigenvalue weighted by Gasteiger charge is -2.40. The molecule has 0 heterocycles.